The molecular formula is C10H13NO. The lowest BCUT2D eigenvalue weighted by molar-refractivity contribution is 0.101. The van der Waals surface area contributed by atoms with E-state index in [0.717, 1.165) is 23.4 Å². The zero-order valence-electron chi connectivity index (χ0n) is 7.72. The summed E-state index contributed by atoms with van der Waals surface area (Å²) in [5.41, 5.74) is 2.67. The molecule has 0 aliphatic rings. The van der Waals surface area contributed by atoms with Crippen LogP contribution in [0, 0.1) is 6.92 Å². The van der Waals surface area contributed by atoms with Crippen molar-refractivity contribution in [3.63, 3.8) is 0 Å². The maximum Gasteiger partial charge on any atom is 0.159 e. The number of carbonyl (C=O) groups excluding carboxylic acids is 1. The molecule has 1 heterocycles. The van der Waals surface area contributed by atoms with Crippen LogP contribution in [0.15, 0.2) is 12.1 Å². The van der Waals surface area contributed by atoms with Gasteiger partial charge < -0.3 is 0 Å². The highest BCUT2D eigenvalue weighted by atomic mass is 16.1. The number of aromatic nitrogens is 1. The zero-order chi connectivity index (χ0) is 9.14. The lowest BCUT2D eigenvalue weighted by atomic mass is 10.1. The van der Waals surface area contributed by atoms with Crippen molar-refractivity contribution in [3.8, 4) is 0 Å². The third-order valence-corrected chi connectivity index (χ3v) is 1.78. The molecule has 0 radical (unpaired) electrons. The number of rotatable bonds is 2. The zero-order valence-corrected chi connectivity index (χ0v) is 7.72. The first-order valence-corrected chi connectivity index (χ1v) is 4.12. The Hall–Kier alpha value is -1.18. The Balaban J connectivity index is 3.15. The molecule has 0 bridgehead atoms. The second-order valence-electron chi connectivity index (χ2n) is 2.90. The summed E-state index contributed by atoms with van der Waals surface area (Å²) in [6.07, 6.45) is 0.877. The Morgan fingerprint density at radius 2 is 2.17 bits per heavy atom. The van der Waals surface area contributed by atoms with Gasteiger partial charge in [0.15, 0.2) is 5.78 Å². The van der Waals surface area contributed by atoms with Crippen molar-refractivity contribution in [2.45, 2.75) is 27.2 Å². The highest BCUT2D eigenvalue weighted by Gasteiger charge is 2.01. The van der Waals surface area contributed by atoms with Crippen LogP contribution in [0.25, 0.3) is 0 Å². The Kier molecular flexibility index (Phi) is 2.58. The minimum absolute atomic E-state index is 0.107. The second-order valence-corrected chi connectivity index (χ2v) is 2.90. The van der Waals surface area contributed by atoms with Crippen LogP contribution in [-0.2, 0) is 6.42 Å². The number of hydrogen-bond acceptors (Lipinski definition) is 2. The molecule has 0 aromatic carbocycles. The van der Waals surface area contributed by atoms with E-state index in [1.807, 2.05) is 26.0 Å². The Morgan fingerprint density at radius 3 is 2.67 bits per heavy atom. The van der Waals surface area contributed by atoms with Gasteiger partial charge in [-0.15, -0.1) is 0 Å². The Labute approximate surface area is 72.6 Å². The van der Waals surface area contributed by atoms with E-state index < -0.39 is 0 Å². The molecule has 0 spiro atoms. The molecule has 1 aromatic heterocycles. The molecular weight excluding hydrogens is 150 g/mol. The van der Waals surface area contributed by atoms with Crippen molar-refractivity contribution in [1.29, 1.82) is 0 Å². The number of nitrogens with zero attached hydrogens (tertiary/aromatic N) is 1. The Bertz CT molecular complexity index is 305. The van der Waals surface area contributed by atoms with E-state index in [9.17, 15) is 4.79 Å². The third-order valence-electron chi connectivity index (χ3n) is 1.78. The first-order chi connectivity index (χ1) is 5.63. The summed E-state index contributed by atoms with van der Waals surface area (Å²) >= 11 is 0. The normalized spacial score (nSPS) is 9.92. The molecule has 64 valence electrons. The minimum Gasteiger partial charge on any atom is -0.295 e. The summed E-state index contributed by atoms with van der Waals surface area (Å²) in [7, 11) is 0. The molecule has 0 saturated heterocycles. The predicted octanol–water partition coefficient (Wildman–Crippen LogP) is 2.16. The van der Waals surface area contributed by atoms with Gasteiger partial charge >= 0.3 is 0 Å². The van der Waals surface area contributed by atoms with Gasteiger partial charge in [-0.2, -0.15) is 0 Å². The SMILES string of the molecule is CCc1cc(C(C)=O)cc(C)n1. The molecule has 0 aliphatic heterocycles. The van der Waals surface area contributed by atoms with Gasteiger partial charge in [-0.1, -0.05) is 6.92 Å². The quantitative estimate of drug-likeness (QED) is 0.625. The monoisotopic (exact) mass is 163 g/mol. The van der Waals surface area contributed by atoms with E-state index in [4.69, 9.17) is 0 Å². The van der Waals surface area contributed by atoms with E-state index in [1.54, 1.807) is 6.92 Å². The van der Waals surface area contributed by atoms with E-state index >= 15 is 0 Å². The fourth-order valence-corrected chi connectivity index (χ4v) is 1.12. The van der Waals surface area contributed by atoms with Crippen LogP contribution in [0.4, 0.5) is 0 Å². The fraction of sp³-hybridized carbons (Fsp3) is 0.400. The Morgan fingerprint density at radius 1 is 1.50 bits per heavy atom. The van der Waals surface area contributed by atoms with Crippen molar-refractivity contribution < 1.29 is 4.79 Å². The number of pyridine rings is 1. The molecule has 0 saturated carbocycles. The summed E-state index contributed by atoms with van der Waals surface area (Å²) in [5, 5.41) is 0. The molecule has 0 fully saturated rings. The van der Waals surface area contributed by atoms with Crippen LogP contribution in [0.2, 0.25) is 0 Å². The van der Waals surface area contributed by atoms with Crippen molar-refractivity contribution in [3.05, 3.63) is 29.1 Å². The smallest absolute Gasteiger partial charge is 0.159 e. The predicted molar refractivity (Wildman–Crippen MR) is 48.4 cm³/mol. The van der Waals surface area contributed by atoms with Crippen LogP contribution in [0.3, 0.4) is 0 Å². The van der Waals surface area contributed by atoms with E-state index in [1.165, 1.54) is 0 Å². The number of Topliss-reactive ketones (excluding diaryl/α,β-unsaturated/α-hetero) is 1. The molecule has 0 atom stereocenters. The van der Waals surface area contributed by atoms with Gasteiger partial charge in [-0.3, -0.25) is 9.78 Å². The van der Waals surface area contributed by atoms with Crippen molar-refractivity contribution in [2.24, 2.45) is 0 Å². The lowest BCUT2D eigenvalue weighted by Gasteiger charge is -2.01. The minimum atomic E-state index is 0.107. The third kappa shape index (κ3) is 1.91. The van der Waals surface area contributed by atoms with Gasteiger partial charge in [0.1, 0.15) is 0 Å². The van der Waals surface area contributed by atoms with Crippen LogP contribution in [-0.4, -0.2) is 10.8 Å². The summed E-state index contributed by atoms with van der Waals surface area (Å²) in [4.78, 5) is 15.3. The lowest BCUT2D eigenvalue weighted by Crippen LogP contribution is -1.98. The standard InChI is InChI=1S/C10H13NO/c1-4-10-6-9(8(3)12)5-7(2)11-10/h5-6H,4H2,1-3H3. The summed E-state index contributed by atoms with van der Waals surface area (Å²) < 4.78 is 0. The number of carbonyl (C=O) groups is 1. The molecule has 0 amide bonds. The maximum atomic E-state index is 11.0. The van der Waals surface area contributed by atoms with Crippen LogP contribution in [0.1, 0.15) is 35.6 Å². The molecule has 0 aliphatic carbocycles. The molecule has 0 unspecified atom stereocenters. The fourth-order valence-electron chi connectivity index (χ4n) is 1.12. The summed E-state index contributed by atoms with van der Waals surface area (Å²) in [6, 6.07) is 3.68. The molecule has 0 N–H and O–H groups in total. The number of aryl methyl sites for hydroxylation is 2. The largest absolute Gasteiger partial charge is 0.295 e. The van der Waals surface area contributed by atoms with Crippen molar-refractivity contribution in [2.75, 3.05) is 0 Å². The van der Waals surface area contributed by atoms with E-state index in [2.05, 4.69) is 4.98 Å². The van der Waals surface area contributed by atoms with Gasteiger partial charge in [0.25, 0.3) is 0 Å². The van der Waals surface area contributed by atoms with Gasteiger partial charge in [0.05, 0.1) is 0 Å². The molecule has 2 nitrogen and oxygen atoms in total. The van der Waals surface area contributed by atoms with Gasteiger partial charge in [0, 0.05) is 17.0 Å². The van der Waals surface area contributed by atoms with Crippen LogP contribution < -0.4 is 0 Å². The van der Waals surface area contributed by atoms with Gasteiger partial charge in [-0.05, 0) is 32.4 Å². The number of ketones is 1. The first kappa shape index (κ1) is 8.91. The van der Waals surface area contributed by atoms with Gasteiger partial charge in [-0.25, -0.2) is 0 Å². The van der Waals surface area contributed by atoms with Crippen molar-refractivity contribution >= 4 is 5.78 Å². The molecule has 1 aromatic rings. The van der Waals surface area contributed by atoms with Gasteiger partial charge in [0.2, 0.25) is 0 Å². The average molecular weight is 163 g/mol. The maximum absolute atomic E-state index is 11.0. The van der Waals surface area contributed by atoms with Crippen LogP contribution in [0.5, 0.6) is 0 Å². The summed E-state index contributed by atoms with van der Waals surface area (Å²) in [6.45, 7) is 5.52. The van der Waals surface area contributed by atoms with Crippen LogP contribution >= 0.6 is 0 Å². The molecule has 12 heavy (non-hydrogen) atoms. The highest BCUT2D eigenvalue weighted by Crippen LogP contribution is 2.06. The highest BCUT2D eigenvalue weighted by molar-refractivity contribution is 5.94. The summed E-state index contributed by atoms with van der Waals surface area (Å²) in [5.74, 6) is 0.107. The second kappa shape index (κ2) is 3.48. The first-order valence-electron chi connectivity index (χ1n) is 4.12. The number of hydrogen-bond donors (Lipinski definition) is 0. The van der Waals surface area contributed by atoms with Crippen molar-refractivity contribution in [1.82, 2.24) is 4.98 Å². The van der Waals surface area contributed by atoms with E-state index in [-0.39, 0.29) is 5.78 Å². The van der Waals surface area contributed by atoms with E-state index in [0.29, 0.717) is 0 Å². The average Bonchev–Trinajstić information content (AvgIpc) is 2.03. The topological polar surface area (TPSA) is 30.0 Å². The molecule has 1 rings (SSSR count). The molecule has 2 heteroatoms.